The van der Waals surface area contributed by atoms with Gasteiger partial charge in [0.2, 0.25) is 0 Å². The standard InChI is InChI=1S/C55H48N2/c1-55(48-20-9-4-10-21-48)37-35-51(36-38-55)57(49-30-25-44(26-31-49)42-16-7-3-8-17-42)50-32-27-45(28-33-50)47-29-34-54-53(40-47)52-22-12-11-18-46(52)24-23-43(19-13-39-56-54)41-14-5-2-6-15-41/h2-32,34-35,37,39-40,50-51,56H,33,36,38H2,1H3/b24-23-,39-13+,43-19+. The number of fused-ring (bicyclic) bond motifs is 3. The fraction of sp³-hybridized carbons (Fsp3) is 0.127. The number of nitrogens with zero attached hydrogens (tertiary/aromatic N) is 1. The Hall–Kier alpha value is -6.64. The number of benzene rings is 6. The van der Waals surface area contributed by atoms with Crippen molar-refractivity contribution in [3.63, 3.8) is 0 Å². The average Bonchev–Trinajstić information content (AvgIpc) is 3.32. The largest absolute Gasteiger partial charge is 0.361 e. The van der Waals surface area contributed by atoms with E-state index in [1.807, 2.05) is 6.20 Å². The van der Waals surface area contributed by atoms with E-state index in [-0.39, 0.29) is 11.5 Å². The minimum Gasteiger partial charge on any atom is -0.361 e. The second-order valence-corrected chi connectivity index (χ2v) is 15.6. The number of rotatable bonds is 7. The molecule has 2 nitrogen and oxygen atoms in total. The number of anilines is 2. The molecule has 57 heavy (non-hydrogen) atoms. The second kappa shape index (κ2) is 16.2. The van der Waals surface area contributed by atoms with E-state index in [2.05, 4.69) is 230 Å². The van der Waals surface area contributed by atoms with E-state index in [1.165, 1.54) is 55.8 Å². The third-order valence-electron chi connectivity index (χ3n) is 11.9. The van der Waals surface area contributed by atoms with Gasteiger partial charge >= 0.3 is 0 Å². The van der Waals surface area contributed by atoms with Crippen molar-refractivity contribution in [2.45, 2.75) is 43.7 Å². The predicted octanol–water partition coefficient (Wildman–Crippen LogP) is 14.0. The Morgan fingerprint density at radius 1 is 0.579 bits per heavy atom. The fourth-order valence-electron chi connectivity index (χ4n) is 8.66. The third kappa shape index (κ3) is 7.77. The molecule has 0 spiro atoms. The number of nitrogens with one attached hydrogen (secondary N) is 1. The third-order valence-corrected chi connectivity index (χ3v) is 11.9. The van der Waals surface area contributed by atoms with Gasteiger partial charge in [0.25, 0.3) is 0 Å². The summed E-state index contributed by atoms with van der Waals surface area (Å²) < 4.78 is 0. The van der Waals surface area contributed by atoms with Crippen molar-refractivity contribution >= 4 is 28.6 Å². The van der Waals surface area contributed by atoms with Crippen LogP contribution in [0.1, 0.15) is 48.4 Å². The van der Waals surface area contributed by atoms with Crippen molar-refractivity contribution in [3.05, 3.63) is 235 Å². The highest BCUT2D eigenvalue weighted by atomic mass is 15.2. The van der Waals surface area contributed by atoms with Crippen molar-refractivity contribution in [2.75, 3.05) is 10.2 Å². The first-order valence-corrected chi connectivity index (χ1v) is 20.3. The maximum absolute atomic E-state index is 3.61. The van der Waals surface area contributed by atoms with E-state index >= 15 is 0 Å². The molecule has 3 aliphatic rings. The van der Waals surface area contributed by atoms with Crippen LogP contribution >= 0.6 is 0 Å². The molecule has 1 heterocycles. The predicted molar refractivity (Wildman–Crippen MR) is 244 cm³/mol. The molecule has 3 atom stereocenters. The lowest BCUT2D eigenvalue weighted by molar-refractivity contribution is 0.445. The van der Waals surface area contributed by atoms with Gasteiger partial charge in [-0.1, -0.05) is 189 Å². The summed E-state index contributed by atoms with van der Waals surface area (Å²) >= 11 is 0. The van der Waals surface area contributed by atoms with Crippen molar-refractivity contribution in [3.8, 4) is 22.3 Å². The van der Waals surface area contributed by atoms with Crippen LogP contribution in [0.25, 0.3) is 39.5 Å². The monoisotopic (exact) mass is 736 g/mol. The van der Waals surface area contributed by atoms with Crippen molar-refractivity contribution in [2.24, 2.45) is 0 Å². The molecule has 0 radical (unpaired) electrons. The molecule has 0 amide bonds. The summed E-state index contributed by atoms with van der Waals surface area (Å²) in [6.45, 7) is 2.38. The van der Waals surface area contributed by atoms with Gasteiger partial charge < -0.3 is 10.2 Å². The molecule has 1 aliphatic heterocycles. The van der Waals surface area contributed by atoms with Gasteiger partial charge in [0, 0.05) is 34.6 Å². The Balaban J connectivity index is 1.02. The summed E-state index contributed by atoms with van der Waals surface area (Å²) in [6.07, 6.45) is 26.1. The molecular formula is C55H48N2. The number of hydrogen-bond acceptors (Lipinski definition) is 2. The highest BCUT2D eigenvalue weighted by molar-refractivity contribution is 5.90. The van der Waals surface area contributed by atoms with Crippen LogP contribution in [0.3, 0.4) is 0 Å². The molecule has 0 saturated carbocycles. The normalized spacial score (nSPS) is 22.0. The molecule has 9 rings (SSSR count). The number of hydrogen-bond donors (Lipinski definition) is 1. The summed E-state index contributed by atoms with van der Waals surface area (Å²) in [6, 6.07) is 57.5. The van der Waals surface area contributed by atoms with E-state index < -0.39 is 0 Å². The van der Waals surface area contributed by atoms with Gasteiger partial charge in [-0.15, -0.1) is 0 Å². The van der Waals surface area contributed by atoms with Gasteiger partial charge in [0.15, 0.2) is 0 Å². The average molecular weight is 737 g/mol. The highest BCUT2D eigenvalue weighted by Gasteiger charge is 2.33. The van der Waals surface area contributed by atoms with Gasteiger partial charge in [0.1, 0.15) is 0 Å². The van der Waals surface area contributed by atoms with E-state index in [4.69, 9.17) is 0 Å². The minimum absolute atomic E-state index is 0.0391. The van der Waals surface area contributed by atoms with Crippen molar-refractivity contribution < 1.29 is 0 Å². The summed E-state index contributed by atoms with van der Waals surface area (Å²) in [5, 5.41) is 3.61. The lowest BCUT2D eigenvalue weighted by atomic mass is 9.73. The molecule has 0 bridgehead atoms. The molecule has 0 saturated heterocycles. The van der Waals surface area contributed by atoms with Gasteiger partial charge in [-0.05, 0) is 99.7 Å². The zero-order valence-electron chi connectivity index (χ0n) is 32.5. The topological polar surface area (TPSA) is 15.3 Å². The Morgan fingerprint density at radius 3 is 1.98 bits per heavy atom. The fourth-order valence-corrected chi connectivity index (χ4v) is 8.66. The van der Waals surface area contributed by atoms with Crippen LogP contribution in [-0.4, -0.2) is 12.1 Å². The summed E-state index contributed by atoms with van der Waals surface area (Å²) in [4.78, 5) is 2.66. The van der Waals surface area contributed by atoms with Crippen LogP contribution in [0.4, 0.5) is 11.4 Å². The minimum atomic E-state index is 0.0391. The zero-order valence-corrected chi connectivity index (χ0v) is 32.5. The summed E-state index contributed by atoms with van der Waals surface area (Å²) in [7, 11) is 0. The Bertz CT molecular complexity index is 2520. The van der Waals surface area contributed by atoms with Gasteiger partial charge in [-0.25, -0.2) is 0 Å². The summed E-state index contributed by atoms with van der Waals surface area (Å²) in [5.74, 6) is 0. The van der Waals surface area contributed by atoms with Crippen LogP contribution in [0.15, 0.2) is 213 Å². The van der Waals surface area contributed by atoms with E-state index in [9.17, 15) is 0 Å². The van der Waals surface area contributed by atoms with E-state index in [0.29, 0.717) is 6.04 Å². The van der Waals surface area contributed by atoms with Gasteiger partial charge in [-0.2, -0.15) is 0 Å². The maximum atomic E-state index is 3.61. The maximum Gasteiger partial charge on any atom is 0.0517 e. The molecule has 3 unspecified atom stereocenters. The first-order chi connectivity index (χ1) is 28.1. The molecule has 6 aromatic rings. The molecule has 6 aromatic carbocycles. The van der Waals surface area contributed by atoms with Crippen LogP contribution in [-0.2, 0) is 5.41 Å². The first kappa shape index (κ1) is 36.0. The highest BCUT2D eigenvalue weighted by Crippen LogP contribution is 2.40. The molecule has 278 valence electrons. The van der Waals surface area contributed by atoms with Crippen LogP contribution in [0.5, 0.6) is 0 Å². The van der Waals surface area contributed by atoms with Crippen molar-refractivity contribution in [1.29, 1.82) is 0 Å². The summed E-state index contributed by atoms with van der Waals surface area (Å²) in [5.41, 5.74) is 14.7. The van der Waals surface area contributed by atoms with Gasteiger partial charge in [0.05, 0.1) is 6.04 Å². The Labute approximate surface area is 338 Å². The van der Waals surface area contributed by atoms with Crippen LogP contribution in [0, 0.1) is 0 Å². The van der Waals surface area contributed by atoms with E-state index in [1.54, 1.807) is 0 Å². The molecule has 0 fully saturated rings. The number of allylic oxidation sites excluding steroid dienone is 7. The molecule has 2 aliphatic carbocycles. The lowest BCUT2D eigenvalue weighted by Crippen LogP contribution is -2.44. The van der Waals surface area contributed by atoms with E-state index in [0.717, 1.165) is 30.5 Å². The Morgan fingerprint density at radius 2 is 1.26 bits per heavy atom. The zero-order chi connectivity index (χ0) is 38.4. The Kier molecular flexibility index (Phi) is 10.3. The first-order valence-electron chi connectivity index (χ1n) is 20.3. The molecule has 2 heteroatoms. The van der Waals surface area contributed by atoms with Crippen LogP contribution < -0.4 is 10.2 Å². The molecule has 1 N–H and O–H groups in total. The quantitative estimate of drug-likeness (QED) is 0.164. The van der Waals surface area contributed by atoms with Crippen LogP contribution in [0.2, 0.25) is 0 Å². The van der Waals surface area contributed by atoms with Crippen molar-refractivity contribution in [1.82, 2.24) is 0 Å². The molecule has 0 aromatic heterocycles. The van der Waals surface area contributed by atoms with Gasteiger partial charge in [-0.3, -0.25) is 0 Å². The molecular weight excluding hydrogens is 689 g/mol. The lowest BCUT2D eigenvalue weighted by Gasteiger charge is -2.42. The smallest absolute Gasteiger partial charge is 0.0517 e. The SMILES string of the molecule is CC1(c2ccccc2)C=CC(N(c2ccc(-c3ccccc3)cc2)C2C=CC(c3ccc4c(c3)-c3ccccc3\C=C/C(c3ccccc3)=C\C=C\N4)=CC2)CC1. The second-order valence-electron chi connectivity index (χ2n) is 15.6.